The molecule has 2 amide bonds. The third-order valence-corrected chi connectivity index (χ3v) is 5.55. The van der Waals surface area contributed by atoms with Crippen molar-refractivity contribution >= 4 is 56.9 Å². The SMILES string of the molecule is O=C(C[C@H]1SC(c2cc3ccccc3oc2=O)=NC1=O)Nc1ccc(Cl)cc1. The van der Waals surface area contributed by atoms with E-state index in [1.807, 2.05) is 6.07 Å². The van der Waals surface area contributed by atoms with Gasteiger partial charge in [0.1, 0.15) is 15.9 Å². The molecule has 1 aromatic heterocycles. The molecule has 0 saturated carbocycles. The van der Waals surface area contributed by atoms with E-state index in [0.717, 1.165) is 17.1 Å². The third kappa shape index (κ3) is 3.85. The largest absolute Gasteiger partial charge is 0.422 e. The Morgan fingerprint density at radius 3 is 2.68 bits per heavy atom. The van der Waals surface area contributed by atoms with Gasteiger partial charge in [0.05, 0.1) is 5.56 Å². The Kier molecular flexibility index (Phi) is 5.02. The average molecular weight is 413 g/mol. The highest BCUT2D eigenvalue weighted by molar-refractivity contribution is 8.16. The van der Waals surface area contributed by atoms with Gasteiger partial charge in [0.15, 0.2) is 0 Å². The average Bonchev–Trinajstić information content (AvgIpc) is 3.03. The molecule has 1 aliphatic rings. The fourth-order valence-corrected chi connectivity index (χ4v) is 3.96. The van der Waals surface area contributed by atoms with Crippen LogP contribution in [0.15, 0.2) is 68.8 Å². The van der Waals surface area contributed by atoms with Crippen LogP contribution in [0.25, 0.3) is 11.0 Å². The molecule has 3 aromatic rings. The summed E-state index contributed by atoms with van der Waals surface area (Å²) in [5.74, 6) is -0.769. The molecular weight excluding hydrogens is 400 g/mol. The zero-order valence-corrected chi connectivity index (χ0v) is 15.9. The van der Waals surface area contributed by atoms with Crippen molar-refractivity contribution in [1.29, 1.82) is 0 Å². The number of nitrogens with one attached hydrogen (secondary N) is 1. The highest BCUT2D eigenvalue weighted by atomic mass is 35.5. The summed E-state index contributed by atoms with van der Waals surface area (Å²) in [7, 11) is 0. The molecule has 0 bridgehead atoms. The standard InChI is InChI=1S/C20H13ClN2O4S/c21-12-5-7-13(8-6-12)22-17(24)10-16-18(25)23-19(28-16)14-9-11-3-1-2-4-15(11)27-20(14)26/h1-9,16H,10H2,(H,22,24)/t16-/m1/s1. The van der Waals surface area contributed by atoms with Crippen LogP contribution in [0.5, 0.6) is 0 Å². The van der Waals surface area contributed by atoms with Gasteiger partial charge in [-0.1, -0.05) is 41.6 Å². The van der Waals surface area contributed by atoms with E-state index in [4.69, 9.17) is 16.0 Å². The summed E-state index contributed by atoms with van der Waals surface area (Å²) in [6.07, 6.45) is -0.0575. The van der Waals surface area contributed by atoms with Crippen molar-refractivity contribution in [2.45, 2.75) is 11.7 Å². The minimum absolute atomic E-state index is 0.0575. The summed E-state index contributed by atoms with van der Waals surface area (Å²) in [6.45, 7) is 0. The maximum Gasteiger partial charge on any atom is 0.346 e. The quantitative estimate of drug-likeness (QED) is 0.657. The van der Waals surface area contributed by atoms with Gasteiger partial charge in [-0.25, -0.2) is 9.79 Å². The van der Waals surface area contributed by atoms with E-state index in [0.29, 0.717) is 16.3 Å². The Bertz CT molecular complexity index is 1170. The molecule has 1 aliphatic heterocycles. The zero-order valence-electron chi connectivity index (χ0n) is 14.3. The van der Waals surface area contributed by atoms with Crippen molar-refractivity contribution in [2.75, 3.05) is 5.32 Å². The second-order valence-corrected chi connectivity index (χ2v) is 7.73. The molecule has 8 heteroatoms. The molecule has 0 spiro atoms. The molecule has 0 saturated heterocycles. The monoisotopic (exact) mass is 412 g/mol. The molecule has 28 heavy (non-hydrogen) atoms. The molecule has 0 unspecified atom stereocenters. The van der Waals surface area contributed by atoms with E-state index in [-0.39, 0.29) is 22.9 Å². The van der Waals surface area contributed by atoms with Crippen molar-refractivity contribution < 1.29 is 14.0 Å². The Hall–Kier alpha value is -2.90. The van der Waals surface area contributed by atoms with Crippen molar-refractivity contribution in [1.82, 2.24) is 0 Å². The molecule has 2 heterocycles. The molecule has 4 rings (SSSR count). The van der Waals surface area contributed by atoms with Crippen molar-refractivity contribution in [3.63, 3.8) is 0 Å². The van der Waals surface area contributed by atoms with Crippen LogP contribution < -0.4 is 10.9 Å². The van der Waals surface area contributed by atoms with Crippen LogP contribution in [0.2, 0.25) is 5.02 Å². The predicted octanol–water partition coefficient (Wildman–Crippen LogP) is 3.86. The summed E-state index contributed by atoms with van der Waals surface area (Å²) in [6, 6.07) is 15.4. The minimum Gasteiger partial charge on any atom is -0.422 e. The number of aliphatic imine (C=N–C) groups is 1. The van der Waals surface area contributed by atoms with E-state index in [2.05, 4.69) is 10.3 Å². The summed E-state index contributed by atoms with van der Waals surface area (Å²) in [5, 5.41) is 3.59. The van der Waals surface area contributed by atoms with Gasteiger partial charge >= 0.3 is 5.63 Å². The zero-order chi connectivity index (χ0) is 19.7. The maximum absolute atomic E-state index is 12.3. The number of carbonyl (C=O) groups excluding carboxylic acids is 2. The molecule has 6 nitrogen and oxygen atoms in total. The second kappa shape index (κ2) is 7.61. The first-order valence-electron chi connectivity index (χ1n) is 8.37. The second-order valence-electron chi connectivity index (χ2n) is 6.11. The molecule has 2 aromatic carbocycles. The number of amides is 2. The van der Waals surface area contributed by atoms with Crippen LogP contribution in [0.4, 0.5) is 5.69 Å². The Morgan fingerprint density at radius 2 is 1.89 bits per heavy atom. The van der Waals surface area contributed by atoms with E-state index in [9.17, 15) is 14.4 Å². The maximum atomic E-state index is 12.3. The number of para-hydroxylation sites is 1. The number of benzene rings is 2. The van der Waals surface area contributed by atoms with Crippen molar-refractivity contribution in [3.05, 3.63) is 75.6 Å². The first kappa shape index (κ1) is 18.5. The normalized spacial score (nSPS) is 16.2. The molecule has 1 N–H and O–H groups in total. The fourth-order valence-electron chi connectivity index (χ4n) is 2.76. The van der Waals surface area contributed by atoms with Crippen LogP contribution in [0.3, 0.4) is 0 Å². The van der Waals surface area contributed by atoms with Crippen molar-refractivity contribution in [2.24, 2.45) is 4.99 Å². The molecule has 0 aliphatic carbocycles. The van der Waals surface area contributed by atoms with E-state index >= 15 is 0 Å². The van der Waals surface area contributed by atoms with Gasteiger partial charge in [0, 0.05) is 22.5 Å². The number of anilines is 1. The lowest BCUT2D eigenvalue weighted by Gasteiger charge is -2.08. The Morgan fingerprint density at radius 1 is 1.14 bits per heavy atom. The predicted molar refractivity (Wildman–Crippen MR) is 110 cm³/mol. The first-order valence-corrected chi connectivity index (χ1v) is 9.63. The molecule has 140 valence electrons. The van der Waals surface area contributed by atoms with Gasteiger partial charge in [-0.3, -0.25) is 9.59 Å². The number of hydrogen-bond acceptors (Lipinski definition) is 5. The minimum atomic E-state index is -0.687. The van der Waals surface area contributed by atoms with Gasteiger partial charge in [0.2, 0.25) is 5.91 Å². The number of nitrogens with zero attached hydrogens (tertiary/aromatic N) is 1. The molecule has 0 radical (unpaired) electrons. The fraction of sp³-hybridized carbons (Fsp3) is 0.100. The van der Waals surface area contributed by atoms with Crippen LogP contribution >= 0.6 is 23.4 Å². The van der Waals surface area contributed by atoms with E-state index in [1.165, 1.54) is 0 Å². The highest BCUT2D eigenvalue weighted by Crippen LogP contribution is 2.29. The lowest BCUT2D eigenvalue weighted by atomic mass is 10.2. The summed E-state index contributed by atoms with van der Waals surface area (Å²) < 4.78 is 5.29. The van der Waals surface area contributed by atoms with Gasteiger partial charge < -0.3 is 9.73 Å². The van der Waals surface area contributed by atoms with Gasteiger partial charge in [-0.15, -0.1) is 0 Å². The number of thioether (sulfide) groups is 1. The lowest BCUT2D eigenvalue weighted by Crippen LogP contribution is -2.21. The topological polar surface area (TPSA) is 88.7 Å². The summed E-state index contributed by atoms with van der Waals surface area (Å²) in [4.78, 5) is 40.7. The van der Waals surface area contributed by atoms with Gasteiger partial charge in [-0.2, -0.15) is 0 Å². The van der Waals surface area contributed by atoms with Crippen LogP contribution in [0.1, 0.15) is 12.0 Å². The number of carbonyl (C=O) groups is 2. The first-order chi connectivity index (χ1) is 13.5. The Labute approximate surface area is 168 Å². The molecule has 1 atom stereocenters. The van der Waals surface area contributed by atoms with Crippen molar-refractivity contribution in [3.8, 4) is 0 Å². The van der Waals surface area contributed by atoms with Crippen LogP contribution in [-0.2, 0) is 9.59 Å². The third-order valence-electron chi connectivity index (χ3n) is 4.11. The summed E-state index contributed by atoms with van der Waals surface area (Å²) in [5.41, 5.74) is 0.702. The van der Waals surface area contributed by atoms with Crippen LogP contribution in [0, 0.1) is 0 Å². The smallest absolute Gasteiger partial charge is 0.346 e. The number of rotatable bonds is 4. The number of halogens is 1. The lowest BCUT2D eigenvalue weighted by molar-refractivity contribution is -0.121. The number of fused-ring (bicyclic) bond motifs is 1. The van der Waals surface area contributed by atoms with Gasteiger partial charge in [0.25, 0.3) is 5.91 Å². The van der Waals surface area contributed by atoms with Crippen LogP contribution in [-0.4, -0.2) is 22.1 Å². The molecule has 0 fully saturated rings. The molecular formula is C20H13ClN2O4S. The number of hydrogen-bond donors (Lipinski definition) is 1. The Balaban J connectivity index is 1.48. The van der Waals surface area contributed by atoms with E-state index < -0.39 is 16.8 Å². The highest BCUT2D eigenvalue weighted by Gasteiger charge is 2.32. The van der Waals surface area contributed by atoms with Gasteiger partial charge in [-0.05, 0) is 36.4 Å². The van der Waals surface area contributed by atoms with E-state index in [1.54, 1.807) is 48.5 Å². The summed E-state index contributed by atoms with van der Waals surface area (Å²) >= 11 is 6.91.